The minimum absolute atomic E-state index is 0.854. The van der Waals surface area contributed by atoms with Crippen LogP contribution in [0.25, 0.3) is 0 Å². The van der Waals surface area contributed by atoms with Crippen molar-refractivity contribution in [3.63, 3.8) is 0 Å². The highest BCUT2D eigenvalue weighted by Gasteiger charge is 2.19. The van der Waals surface area contributed by atoms with Crippen molar-refractivity contribution in [3.8, 4) is 0 Å². The molecule has 1 aromatic carbocycles. The first-order valence-corrected chi connectivity index (χ1v) is 5.21. The Morgan fingerprint density at radius 2 is 1.88 bits per heavy atom. The number of hydrogen-bond donors (Lipinski definition) is 3. The quantitative estimate of drug-likeness (QED) is 0.714. The van der Waals surface area contributed by atoms with Gasteiger partial charge in [0.25, 0.3) is 0 Å². The van der Waals surface area contributed by atoms with E-state index < -0.39 is 18.1 Å². The van der Waals surface area contributed by atoms with Crippen molar-refractivity contribution in [2.45, 2.75) is 25.5 Å². The van der Waals surface area contributed by atoms with Crippen molar-refractivity contribution in [3.05, 3.63) is 35.4 Å². The van der Waals surface area contributed by atoms with E-state index in [2.05, 4.69) is 29.6 Å². The molecule has 2 unspecified atom stereocenters. The number of aliphatic hydroxyl groups excluding tert-OH is 1. The number of aliphatic hydroxyl groups is 1. The van der Waals surface area contributed by atoms with Crippen LogP contribution in [0.2, 0.25) is 0 Å². The second-order valence-corrected chi connectivity index (χ2v) is 3.79. The molecule has 1 aromatic rings. The Bertz CT molecular complexity index is 342. The summed E-state index contributed by atoms with van der Waals surface area (Å²) in [7, 11) is 1.49. The standard InChI is InChI=1S/C7H6.C5H11NO3/c1-2-4-7-5-6(7)3-1;1-3(7)4(6-2)5(8)9/h1-4H,5H2;3-4,6-7H,1-2H3,(H,8,9). The second kappa shape index (κ2) is 5.63. The average Bonchev–Trinajstić information content (AvgIpc) is 2.96. The predicted octanol–water partition coefficient (Wildman–Crippen LogP) is 0.631. The highest BCUT2D eigenvalue weighted by molar-refractivity contribution is 5.74. The SMILES string of the molecule is CNC(C(=O)O)C(C)O.c1ccc2c(c1)C2. The van der Waals surface area contributed by atoms with Gasteiger partial charge in [-0.25, -0.2) is 0 Å². The first-order valence-electron chi connectivity index (χ1n) is 5.21. The van der Waals surface area contributed by atoms with Crippen LogP contribution in [0.1, 0.15) is 18.1 Å². The van der Waals surface area contributed by atoms with Gasteiger partial charge >= 0.3 is 5.97 Å². The zero-order valence-electron chi connectivity index (χ0n) is 9.47. The Labute approximate surface area is 94.9 Å². The predicted molar refractivity (Wildman–Crippen MR) is 61.4 cm³/mol. The fourth-order valence-electron chi connectivity index (χ4n) is 1.41. The molecule has 2 rings (SSSR count). The molecule has 0 aromatic heterocycles. The molecule has 0 fully saturated rings. The lowest BCUT2D eigenvalue weighted by atomic mass is 10.2. The summed E-state index contributed by atoms with van der Waals surface area (Å²) in [5.41, 5.74) is 3.06. The Morgan fingerprint density at radius 3 is 2.06 bits per heavy atom. The Hall–Kier alpha value is -1.39. The van der Waals surface area contributed by atoms with Gasteiger partial charge in [-0.05, 0) is 31.5 Å². The Morgan fingerprint density at radius 1 is 1.38 bits per heavy atom. The second-order valence-electron chi connectivity index (χ2n) is 3.79. The van der Waals surface area contributed by atoms with Crippen LogP contribution in [0.5, 0.6) is 0 Å². The average molecular weight is 223 g/mol. The van der Waals surface area contributed by atoms with Crippen LogP contribution < -0.4 is 5.32 Å². The van der Waals surface area contributed by atoms with Crippen molar-refractivity contribution < 1.29 is 15.0 Å². The molecule has 0 aliphatic heterocycles. The van der Waals surface area contributed by atoms with Gasteiger partial charge in [0.15, 0.2) is 0 Å². The normalized spacial score (nSPS) is 15.2. The summed E-state index contributed by atoms with van der Waals surface area (Å²) in [5, 5.41) is 19.5. The van der Waals surface area contributed by atoms with Crippen molar-refractivity contribution in [2.75, 3.05) is 7.05 Å². The first kappa shape index (κ1) is 12.7. The van der Waals surface area contributed by atoms with Gasteiger partial charge in [-0.15, -0.1) is 0 Å². The van der Waals surface area contributed by atoms with Crippen LogP contribution in [0.4, 0.5) is 0 Å². The molecule has 4 nitrogen and oxygen atoms in total. The van der Waals surface area contributed by atoms with E-state index in [-0.39, 0.29) is 0 Å². The third-order valence-corrected chi connectivity index (χ3v) is 2.43. The molecule has 16 heavy (non-hydrogen) atoms. The van der Waals surface area contributed by atoms with Crippen LogP contribution in [-0.2, 0) is 11.2 Å². The molecule has 0 heterocycles. The van der Waals surface area contributed by atoms with E-state index in [1.807, 2.05) is 0 Å². The molecular formula is C12H17NO3. The maximum atomic E-state index is 10.1. The lowest BCUT2D eigenvalue weighted by Gasteiger charge is -2.12. The van der Waals surface area contributed by atoms with Crippen molar-refractivity contribution in [1.82, 2.24) is 5.32 Å². The van der Waals surface area contributed by atoms with Crippen LogP contribution >= 0.6 is 0 Å². The van der Waals surface area contributed by atoms with Crippen LogP contribution in [0.15, 0.2) is 24.3 Å². The van der Waals surface area contributed by atoms with E-state index in [9.17, 15) is 4.79 Å². The number of aliphatic carboxylic acids is 1. The molecule has 1 aliphatic rings. The molecule has 0 saturated heterocycles. The summed E-state index contributed by atoms with van der Waals surface area (Å²) in [4.78, 5) is 10.1. The van der Waals surface area contributed by atoms with E-state index in [4.69, 9.17) is 10.2 Å². The Kier molecular flexibility index (Phi) is 4.46. The largest absolute Gasteiger partial charge is 0.480 e. The molecule has 2 atom stereocenters. The molecule has 0 amide bonds. The van der Waals surface area contributed by atoms with Gasteiger partial charge in [0.05, 0.1) is 6.10 Å². The van der Waals surface area contributed by atoms with E-state index in [1.165, 1.54) is 31.5 Å². The number of benzene rings is 1. The summed E-state index contributed by atoms with van der Waals surface area (Å²) < 4.78 is 0. The third-order valence-electron chi connectivity index (χ3n) is 2.43. The lowest BCUT2D eigenvalue weighted by Crippen LogP contribution is -2.42. The number of fused-ring (bicyclic) bond motifs is 1. The topological polar surface area (TPSA) is 69.6 Å². The summed E-state index contributed by atoms with van der Waals surface area (Å²) in [6.45, 7) is 1.43. The molecule has 3 N–H and O–H groups in total. The lowest BCUT2D eigenvalue weighted by molar-refractivity contribution is -0.141. The summed E-state index contributed by atoms with van der Waals surface area (Å²) in [6.07, 6.45) is 0.389. The molecule has 1 aliphatic carbocycles. The van der Waals surface area contributed by atoms with Crippen molar-refractivity contribution >= 4 is 5.97 Å². The smallest absolute Gasteiger partial charge is 0.323 e. The number of likely N-dealkylation sites (N-methyl/N-ethyl adjacent to an activating group) is 1. The van der Waals surface area contributed by atoms with E-state index in [1.54, 1.807) is 0 Å². The molecule has 0 radical (unpaired) electrons. The van der Waals surface area contributed by atoms with Gasteiger partial charge in [0.1, 0.15) is 6.04 Å². The highest BCUT2D eigenvalue weighted by Crippen LogP contribution is 2.25. The fourth-order valence-corrected chi connectivity index (χ4v) is 1.41. The zero-order valence-corrected chi connectivity index (χ0v) is 9.47. The van der Waals surface area contributed by atoms with E-state index in [0.717, 1.165) is 0 Å². The minimum Gasteiger partial charge on any atom is -0.480 e. The van der Waals surface area contributed by atoms with Gasteiger partial charge < -0.3 is 15.5 Å². The maximum absolute atomic E-state index is 10.1. The van der Waals surface area contributed by atoms with E-state index in [0.29, 0.717) is 0 Å². The molecule has 88 valence electrons. The summed E-state index contributed by atoms with van der Waals surface area (Å²) in [6, 6.07) is 7.67. The van der Waals surface area contributed by atoms with Crippen molar-refractivity contribution in [1.29, 1.82) is 0 Å². The molecule has 0 bridgehead atoms. The number of rotatable bonds is 3. The number of carboxylic acids is 1. The molecular weight excluding hydrogens is 206 g/mol. The molecule has 0 spiro atoms. The number of carbonyl (C=O) groups is 1. The minimum atomic E-state index is -1.03. The van der Waals surface area contributed by atoms with Crippen molar-refractivity contribution in [2.24, 2.45) is 0 Å². The van der Waals surface area contributed by atoms with Gasteiger partial charge in [-0.3, -0.25) is 4.79 Å². The summed E-state index contributed by atoms with van der Waals surface area (Å²) in [5.74, 6) is -1.03. The highest BCUT2D eigenvalue weighted by atomic mass is 16.4. The number of hydrogen-bond acceptors (Lipinski definition) is 3. The third kappa shape index (κ3) is 3.64. The van der Waals surface area contributed by atoms with Crippen LogP contribution in [0, 0.1) is 0 Å². The number of carboxylic acid groups (broad SMARTS) is 1. The zero-order chi connectivity index (χ0) is 12.1. The van der Waals surface area contributed by atoms with Gasteiger partial charge in [-0.1, -0.05) is 24.3 Å². The van der Waals surface area contributed by atoms with Crippen LogP contribution in [0.3, 0.4) is 0 Å². The maximum Gasteiger partial charge on any atom is 0.323 e. The Balaban J connectivity index is 0.000000163. The first-order chi connectivity index (χ1) is 7.56. The summed E-state index contributed by atoms with van der Waals surface area (Å²) >= 11 is 0. The van der Waals surface area contributed by atoms with Gasteiger partial charge in [-0.2, -0.15) is 0 Å². The molecule has 0 saturated carbocycles. The van der Waals surface area contributed by atoms with Crippen LogP contribution in [-0.4, -0.2) is 35.4 Å². The molecule has 4 heteroatoms. The van der Waals surface area contributed by atoms with Gasteiger partial charge in [0.2, 0.25) is 0 Å². The number of nitrogens with one attached hydrogen (secondary N) is 1. The van der Waals surface area contributed by atoms with Gasteiger partial charge in [0, 0.05) is 0 Å². The monoisotopic (exact) mass is 223 g/mol. The van der Waals surface area contributed by atoms with E-state index >= 15 is 0 Å². The fraction of sp³-hybridized carbons (Fsp3) is 0.417.